The van der Waals surface area contributed by atoms with Crippen molar-refractivity contribution in [2.45, 2.75) is 11.8 Å². The van der Waals surface area contributed by atoms with Gasteiger partial charge in [0.25, 0.3) is 10.0 Å². The van der Waals surface area contributed by atoms with Crippen LogP contribution in [0.5, 0.6) is 0 Å². The first-order valence-electron chi connectivity index (χ1n) is 5.44. The minimum Gasteiger partial charge on any atom is -0.276 e. The lowest BCUT2D eigenvalue weighted by Gasteiger charge is -2.11. The third-order valence-corrected chi connectivity index (χ3v) is 3.97. The first-order chi connectivity index (χ1) is 8.92. The van der Waals surface area contributed by atoms with Gasteiger partial charge in [-0.25, -0.2) is 17.2 Å². The molecular formula is C13H11F2NO2S. The number of nitrogens with one attached hydrogen (secondary N) is 1. The summed E-state index contributed by atoms with van der Waals surface area (Å²) in [5, 5.41) is 0. The highest BCUT2D eigenvalue weighted by atomic mass is 32.2. The predicted octanol–water partition coefficient (Wildman–Crippen LogP) is 3.07. The average molecular weight is 283 g/mol. The fourth-order valence-electron chi connectivity index (χ4n) is 1.61. The molecule has 0 spiro atoms. The molecule has 0 aliphatic rings. The van der Waals surface area contributed by atoms with E-state index < -0.39 is 26.6 Å². The van der Waals surface area contributed by atoms with Crippen molar-refractivity contribution in [1.82, 2.24) is 0 Å². The van der Waals surface area contributed by atoms with Gasteiger partial charge in [-0.15, -0.1) is 0 Å². The number of aryl methyl sites for hydroxylation is 1. The van der Waals surface area contributed by atoms with Gasteiger partial charge < -0.3 is 0 Å². The van der Waals surface area contributed by atoms with Crippen LogP contribution < -0.4 is 4.72 Å². The van der Waals surface area contributed by atoms with Crippen LogP contribution in [-0.4, -0.2) is 8.42 Å². The zero-order chi connectivity index (χ0) is 14.0. The van der Waals surface area contributed by atoms with Crippen molar-refractivity contribution < 1.29 is 17.2 Å². The van der Waals surface area contributed by atoms with E-state index in [9.17, 15) is 17.2 Å². The van der Waals surface area contributed by atoms with Crippen LogP contribution >= 0.6 is 0 Å². The molecule has 0 heterocycles. The Hall–Kier alpha value is -1.95. The van der Waals surface area contributed by atoms with E-state index in [0.717, 1.165) is 18.2 Å². The van der Waals surface area contributed by atoms with Gasteiger partial charge in [0, 0.05) is 0 Å². The SMILES string of the molecule is Cc1cccc(F)c1NS(=O)(=O)c1ccccc1F. The quantitative estimate of drug-likeness (QED) is 0.941. The van der Waals surface area contributed by atoms with Crippen LogP contribution in [0, 0.1) is 18.6 Å². The molecule has 0 amide bonds. The Morgan fingerprint density at radius 1 is 0.947 bits per heavy atom. The molecule has 100 valence electrons. The molecule has 1 N–H and O–H groups in total. The van der Waals surface area contributed by atoms with Crippen molar-refractivity contribution in [3.63, 3.8) is 0 Å². The summed E-state index contributed by atoms with van der Waals surface area (Å²) < 4.78 is 53.1. The summed E-state index contributed by atoms with van der Waals surface area (Å²) in [5.74, 6) is -1.59. The molecule has 0 saturated carbocycles. The largest absolute Gasteiger partial charge is 0.276 e. The second-order valence-electron chi connectivity index (χ2n) is 3.97. The maximum absolute atomic E-state index is 13.6. The summed E-state index contributed by atoms with van der Waals surface area (Å²) in [6.07, 6.45) is 0. The Morgan fingerprint density at radius 2 is 1.58 bits per heavy atom. The fourth-order valence-corrected chi connectivity index (χ4v) is 2.83. The maximum atomic E-state index is 13.6. The number of para-hydroxylation sites is 1. The second kappa shape index (κ2) is 4.97. The fraction of sp³-hybridized carbons (Fsp3) is 0.0769. The minimum absolute atomic E-state index is 0.175. The summed E-state index contributed by atoms with van der Waals surface area (Å²) in [6, 6.07) is 9.07. The van der Waals surface area contributed by atoms with Crippen LogP contribution in [0.15, 0.2) is 47.4 Å². The molecule has 0 radical (unpaired) electrons. The smallest absolute Gasteiger partial charge is 0.264 e. The summed E-state index contributed by atoms with van der Waals surface area (Å²) in [7, 11) is -4.15. The zero-order valence-electron chi connectivity index (χ0n) is 10.0. The molecule has 0 aliphatic carbocycles. The molecule has 0 aliphatic heterocycles. The Morgan fingerprint density at radius 3 is 2.21 bits per heavy atom. The van der Waals surface area contributed by atoms with Gasteiger partial charge in [0.15, 0.2) is 0 Å². The van der Waals surface area contributed by atoms with E-state index in [1.54, 1.807) is 13.0 Å². The normalized spacial score (nSPS) is 11.3. The van der Waals surface area contributed by atoms with E-state index in [4.69, 9.17) is 0 Å². The van der Waals surface area contributed by atoms with E-state index in [2.05, 4.69) is 4.72 Å². The van der Waals surface area contributed by atoms with E-state index >= 15 is 0 Å². The first-order valence-corrected chi connectivity index (χ1v) is 6.92. The van der Waals surface area contributed by atoms with Gasteiger partial charge in [-0.1, -0.05) is 24.3 Å². The van der Waals surface area contributed by atoms with Crippen LogP contribution in [0.25, 0.3) is 0 Å². The van der Waals surface area contributed by atoms with Gasteiger partial charge in [0.2, 0.25) is 0 Å². The van der Waals surface area contributed by atoms with Crippen molar-refractivity contribution in [2.75, 3.05) is 4.72 Å². The van der Waals surface area contributed by atoms with E-state index in [1.165, 1.54) is 18.2 Å². The molecular weight excluding hydrogens is 272 g/mol. The molecule has 3 nitrogen and oxygen atoms in total. The molecule has 6 heteroatoms. The molecule has 0 fully saturated rings. The number of anilines is 1. The van der Waals surface area contributed by atoms with Gasteiger partial charge in [0.1, 0.15) is 16.5 Å². The third-order valence-electron chi connectivity index (χ3n) is 2.58. The van der Waals surface area contributed by atoms with Crippen molar-refractivity contribution >= 4 is 15.7 Å². The topological polar surface area (TPSA) is 46.2 Å². The van der Waals surface area contributed by atoms with Crippen molar-refractivity contribution in [3.8, 4) is 0 Å². The Bertz CT molecular complexity index is 694. The van der Waals surface area contributed by atoms with Gasteiger partial charge in [-0.2, -0.15) is 0 Å². The van der Waals surface area contributed by atoms with Crippen molar-refractivity contribution in [3.05, 3.63) is 59.7 Å². The molecule has 2 rings (SSSR count). The van der Waals surface area contributed by atoms with Crippen LogP contribution in [0.1, 0.15) is 5.56 Å². The zero-order valence-corrected chi connectivity index (χ0v) is 10.8. The summed E-state index contributed by atoms with van der Waals surface area (Å²) >= 11 is 0. The molecule has 0 bridgehead atoms. The minimum atomic E-state index is -4.15. The van der Waals surface area contributed by atoms with Crippen LogP contribution in [0.3, 0.4) is 0 Å². The van der Waals surface area contributed by atoms with Crippen LogP contribution in [-0.2, 0) is 10.0 Å². The van der Waals surface area contributed by atoms with Crippen molar-refractivity contribution in [1.29, 1.82) is 0 Å². The number of benzene rings is 2. The van der Waals surface area contributed by atoms with Crippen molar-refractivity contribution in [2.24, 2.45) is 0 Å². The molecule has 0 unspecified atom stereocenters. The Labute approximate surface area is 109 Å². The summed E-state index contributed by atoms with van der Waals surface area (Å²) in [4.78, 5) is -0.516. The lowest BCUT2D eigenvalue weighted by molar-refractivity contribution is 0.569. The first kappa shape index (κ1) is 13.5. The van der Waals surface area contributed by atoms with Crippen LogP contribution in [0.4, 0.5) is 14.5 Å². The number of hydrogen-bond acceptors (Lipinski definition) is 2. The van der Waals surface area contributed by atoms with E-state index in [-0.39, 0.29) is 5.69 Å². The molecule has 0 atom stereocenters. The second-order valence-corrected chi connectivity index (χ2v) is 5.62. The highest BCUT2D eigenvalue weighted by Crippen LogP contribution is 2.23. The average Bonchev–Trinajstić information content (AvgIpc) is 2.34. The highest BCUT2D eigenvalue weighted by Gasteiger charge is 2.20. The van der Waals surface area contributed by atoms with Gasteiger partial charge >= 0.3 is 0 Å². The molecule has 2 aromatic carbocycles. The summed E-state index contributed by atoms with van der Waals surface area (Å²) in [5.41, 5.74) is 0.241. The maximum Gasteiger partial charge on any atom is 0.264 e. The summed E-state index contributed by atoms with van der Waals surface area (Å²) in [6.45, 7) is 1.56. The third kappa shape index (κ3) is 2.73. The number of rotatable bonds is 3. The van der Waals surface area contributed by atoms with Gasteiger partial charge in [-0.3, -0.25) is 4.72 Å². The lowest BCUT2D eigenvalue weighted by Crippen LogP contribution is -2.16. The van der Waals surface area contributed by atoms with Gasteiger partial charge in [0.05, 0.1) is 5.69 Å². The standard InChI is InChI=1S/C13H11F2NO2S/c1-9-5-4-7-11(15)13(9)16-19(17,18)12-8-3-2-6-10(12)14/h2-8,16H,1H3. The molecule has 2 aromatic rings. The lowest BCUT2D eigenvalue weighted by atomic mass is 10.2. The number of hydrogen-bond donors (Lipinski definition) is 1. The Balaban J connectivity index is 2.46. The van der Waals surface area contributed by atoms with Gasteiger partial charge in [-0.05, 0) is 30.7 Å². The van der Waals surface area contributed by atoms with E-state index in [0.29, 0.717) is 5.56 Å². The van der Waals surface area contributed by atoms with E-state index in [1.807, 2.05) is 0 Å². The molecule has 19 heavy (non-hydrogen) atoms. The predicted molar refractivity (Wildman–Crippen MR) is 68.3 cm³/mol. The monoisotopic (exact) mass is 283 g/mol. The number of halogens is 2. The highest BCUT2D eigenvalue weighted by molar-refractivity contribution is 7.92. The molecule has 0 saturated heterocycles. The molecule has 0 aromatic heterocycles. The van der Waals surface area contributed by atoms with Crippen LogP contribution in [0.2, 0.25) is 0 Å². The number of sulfonamides is 1. The Kier molecular flexibility index (Phi) is 3.53.